The Morgan fingerprint density at radius 1 is 0.467 bits per heavy atom. The lowest BCUT2D eigenvalue weighted by atomic mass is 9.82. The monoisotopic (exact) mass is 577 g/mol. The average molecular weight is 578 g/mol. The zero-order valence-corrected chi connectivity index (χ0v) is 25.3. The minimum Gasteiger partial charge on any atom is -0.455 e. The largest absolute Gasteiger partial charge is 0.455 e. The third kappa shape index (κ3) is 3.89. The SMILES string of the molecule is CC1(C)c2ccccc2-c2ccc(N(c3ccccc3)c3cc4c5cc(-c6ccccc6)ccc5oc4c4ccccc34)cc21. The molecule has 7 aromatic carbocycles. The van der Waals surface area contributed by atoms with Gasteiger partial charge in [-0.05, 0) is 75.8 Å². The number of hydrogen-bond acceptors (Lipinski definition) is 2. The van der Waals surface area contributed by atoms with Crippen LogP contribution in [-0.2, 0) is 5.41 Å². The van der Waals surface area contributed by atoms with E-state index in [1.54, 1.807) is 0 Å². The van der Waals surface area contributed by atoms with E-state index in [1.165, 1.54) is 33.4 Å². The van der Waals surface area contributed by atoms with Crippen LogP contribution in [0, 0.1) is 0 Å². The van der Waals surface area contributed by atoms with Crippen molar-refractivity contribution < 1.29 is 4.42 Å². The quantitative estimate of drug-likeness (QED) is 0.207. The third-order valence-electron chi connectivity index (χ3n) is 9.64. The van der Waals surface area contributed by atoms with Crippen LogP contribution in [0.25, 0.3) is 55.0 Å². The van der Waals surface area contributed by atoms with Crippen LogP contribution in [0.2, 0.25) is 0 Å². The maximum absolute atomic E-state index is 6.61. The smallest absolute Gasteiger partial charge is 0.143 e. The second-order valence-corrected chi connectivity index (χ2v) is 12.6. The fourth-order valence-electron chi connectivity index (χ4n) is 7.41. The summed E-state index contributed by atoms with van der Waals surface area (Å²) in [6.07, 6.45) is 0. The van der Waals surface area contributed by atoms with E-state index in [1.807, 2.05) is 0 Å². The van der Waals surface area contributed by atoms with Crippen LogP contribution in [0.1, 0.15) is 25.0 Å². The van der Waals surface area contributed by atoms with Crippen LogP contribution >= 0.6 is 0 Å². The second kappa shape index (κ2) is 9.70. The van der Waals surface area contributed by atoms with Gasteiger partial charge in [0.1, 0.15) is 11.2 Å². The van der Waals surface area contributed by atoms with Gasteiger partial charge in [0.05, 0.1) is 5.69 Å². The molecule has 0 spiro atoms. The molecular weight excluding hydrogens is 546 g/mol. The molecule has 0 unspecified atom stereocenters. The Morgan fingerprint density at radius 2 is 1.16 bits per heavy atom. The standard InChI is InChI=1S/C43H31NO/c1-43(2)38-20-12-11-17-32(38)33-23-22-31(26-39(33)43)44(30-15-7-4-8-16-30)40-27-37-36-25-29(28-13-5-3-6-14-28)21-24-41(36)45-42(37)35-19-10-9-18-34(35)40/h3-27H,1-2H3. The first-order valence-corrected chi connectivity index (χ1v) is 15.6. The molecule has 1 heterocycles. The van der Waals surface area contributed by atoms with Crippen LogP contribution in [0.5, 0.6) is 0 Å². The van der Waals surface area contributed by atoms with E-state index in [0.717, 1.165) is 49.8 Å². The summed E-state index contributed by atoms with van der Waals surface area (Å²) in [4.78, 5) is 2.42. The van der Waals surface area contributed by atoms with Crippen molar-refractivity contribution in [1.82, 2.24) is 0 Å². The summed E-state index contributed by atoms with van der Waals surface area (Å²) < 4.78 is 6.61. The van der Waals surface area contributed by atoms with Crippen LogP contribution in [0.4, 0.5) is 17.1 Å². The van der Waals surface area contributed by atoms with Gasteiger partial charge in [0, 0.05) is 38.3 Å². The van der Waals surface area contributed by atoms with Gasteiger partial charge < -0.3 is 9.32 Å². The molecule has 0 saturated carbocycles. The molecular formula is C43H31NO. The van der Waals surface area contributed by atoms with Crippen molar-refractivity contribution in [3.8, 4) is 22.3 Å². The molecule has 1 aromatic heterocycles. The summed E-state index contributed by atoms with van der Waals surface area (Å²) in [5.41, 5.74) is 12.9. The molecule has 9 rings (SSSR count). The van der Waals surface area contributed by atoms with Crippen molar-refractivity contribution in [3.05, 3.63) is 163 Å². The summed E-state index contributed by atoms with van der Waals surface area (Å²) >= 11 is 0. The summed E-state index contributed by atoms with van der Waals surface area (Å²) in [5.74, 6) is 0. The minimum absolute atomic E-state index is 0.0923. The topological polar surface area (TPSA) is 16.4 Å². The number of benzene rings is 7. The van der Waals surface area contributed by atoms with Crippen LogP contribution in [0.15, 0.2) is 156 Å². The lowest BCUT2D eigenvalue weighted by molar-refractivity contribution is 0.660. The van der Waals surface area contributed by atoms with E-state index in [-0.39, 0.29) is 5.41 Å². The number of rotatable bonds is 4. The summed E-state index contributed by atoms with van der Waals surface area (Å²) in [5, 5.41) is 4.50. The van der Waals surface area contributed by atoms with Crippen LogP contribution < -0.4 is 4.90 Å². The first kappa shape index (κ1) is 25.9. The highest BCUT2D eigenvalue weighted by molar-refractivity contribution is 6.20. The van der Waals surface area contributed by atoms with Gasteiger partial charge in [-0.25, -0.2) is 0 Å². The lowest BCUT2D eigenvalue weighted by Crippen LogP contribution is -2.16. The van der Waals surface area contributed by atoms with Gasteiger partial charge in [-0.1, -0.05) is 123 Å². The molecule has 1 aliphatic carbocycles. The highest BCUT2D eigenvalue weighted by Gasteiger charge is 2.35. The second-order valence-electron chi connectivity index (χ2n) is 12.6. The number of anilines is 3. The van der Waals surface area contributed by atoms with E-state index in [2.05, 4.69) is 170 Å². The number of nitrogens with zero attached hydrogens (tertiary/aromatic N) is 1. The maximum Gasteiger partial charge on any atom is 0.143 e. The first-order valence-electron chi connectivity index (χ1n) is 15.6. The average Bonchev–Trinajstić information content (AvgIpc) is 3.57. The molecule has 0 atom stereocenters. The van der Waals surface area contributed by atoms with E-state index < -0.39 is 0 Å². The Kier molecular flexibility index (Phi) is 5.58. The van der Waals surface area contributed by atoms with Crippen LogP contribution in [-0.4, -0.2) is 0 Å². The molecule has 0 N–H and O–H groups in total. The van der Waals surface area contributed by atoms with Gasteiger partial charge >= 0.3 is 0 Å². The molecule has 8 aromatic rings. The van der Waals surface area contributed by atoms with Crippen molar-refractivity contribution >= 4 is 49.8 Å². The van der Waals surface area contributed by atoms with Crippen LogP contribution in [0.3, 0.4) is 0 Å². The van der Waals surface area contributed by atoms with Gasteiger partial charge in [-0.2, -0.15) is 0 Å². The maximum atomic E-state index is 6.61. The predicted molar refractivity (Wildman–Crippen MR) is 189 cm³/mol. The Labute approximate surface area is 262 Å². The van der Waals surface area contributed by atoms with Crippen molar-refractivity contribution in [3.63, 3.8) is 0 Å². The molecule has 1 aliphatic rings. The fraction of sp³-hybridized carbons (Fsp3) is 0.0698. The number of furan rings is 1. The van der Waals surface area contributed by atoms with Crippen molar-refractivity contribution in [2.24, 2.45) is 0 Å². The van der Waals surface area contributed by atoms with Crippen molar-refractivity contribution in [1.29, 1.82) is 0 Å². The lowest BCUT2D eigenvalue weighted by Gasteiger charge is -2.29. The molecule has 0 radical (unpaired) electrons. The van der Waals surface area contributed by atoms with Gasteiger partial charge in [-0.15, -0.1) is 0 Å². The van der Waals surface area contributed by atoms with E-state index >= 15 is 0 Å². The Balaban J connectivity index is 1.32. The molecule has 214 valence electrons. The Bertz CT molecular complexity index is 2400. The molecule has 0 aliphatic heterocycles. The fourth-order valence-corrected chi connectivity index (χ4v) is 7.41. The normalized spacial score (nSPS) is 13.3. The Hall–Kier alpha value is -5.60. The summed E-state index contributed by atoms with van der Waals surface area (Å²) in [6.45, 7) is 4.69. The third-order valence-corrected chi connectivity index (χ3v) is 9.64. The van der Waals surface area contributed by atoms with Gasteiger partial charge in [-0.3, -0.25) is 0 Å². The predicted octanol–water partition coefficient (Wildman–Crippen LogP) is 12.2. The Morgan fingerprint density at radius 3 is 1.98 bits per heavy atom. The van der Waals surface area contributed by atoms with Gasteiger partial charge in [0.25, 0.3) is 0 Å². The number of hydrogen-bond donors (Lipinski definition) is 0. The van der Waals surface area contributed by atoms with E-state index in [4.69, 9.17) is 4.42 Å². The molecule has 0 saturated heterocycles. The molecule has 0 bridgehead atoms. The molecule has 2 nitrogen and oxygen atoms in total. The number of fused-ring (bicyclic) bond motifs is 8. The summed E-state index contributed by atoms with van der Waals surface area (Å²) in [7, 11) is 0. The highest BCUT2D eigenvalue weighted by Crippen LogP contribution is 2.51. The molecule has 45 heavy (non-hydrogen) atoms. The van der Waals surface area contributed by atoms with E-state index in [0.29, 0.717) is 0 Å². The first-order chi connectivity index (χ1) is 22.1. The molecule has 2 heteroatoms. The van der Waals surface area contributed by atoms with Gasteiger partial charge in [0.2, 0.25) is 0 Å². The highest BCUT2D eigenvalue weighted by atomic mass is 16.3. The number of para-hydroxylation sites is 1. The van der Waals surface area contributed by atoms with E-state index in [9.17, 15) is 0 Å². The van der Waals surface area contributed by atoms with Gasteiger partial charge in [0.15, 0.2) is 0 Å². The summed E-state index contributed by atoms with van der Waals surface area (Å²) in [6, 6.07) is 54.6. The zero-order chi connectivity index (χ0) is 30.1. The molecule has 0 fully saturated rings. The minimum atomic E-state index is -0.0923. The van der Waals surface area contributed by atoms with Crippen molar-refractivity contribution in [2.45, 2.75) is 19.3 Å². The molecule has 0 amide bonds. The van der Waals surface area contributed by atoms with Crippen molar-refractivity contribution in [2.75, 3.05) is 4.90 Å². The zero-order valence-electron chi connectivity index (χ0n) is 25.3.